The van der Waals surface area contributed by atoms with Crippen LogP contribution in [0, 0.1) is 11.8 Å². The van der Waals surface area contributed by atoms with Crippen molar-refractivity contribution in [2.24, 2.45) is 11.8 Å². The Bertz CT molecular complexity index is 857. The van der Waals surface area contributed by atoms with Gasteiger partial charge >= 0.3 is 5.97 Å². The first-order chi connectivity index (χ1) is 13.8. The number of thioether (sulfide) groups is 1. The van der Waals surface area contributed by atoms with Crippen molar-refractivity contribution < 1.29 is 19.8 Å². The van der Waals surface area contributed by atoms with Gasteiger partial charge in [-0.2, -0.15) is 0 Å². The molecule has 4 N–H and O–H groups in total. The lowest BCUT2D eigenvalue weighted by atomic mass is 9.79. The Kier molecular flexibility index (Phi) is 5.30. The van der Waals surface area contributed by atoms with Gasteiger partial charge in [0.1, 0.15) is 11.5 Å². The van der Waals surface area contributed by atoms with E-state index in [0.717, 1.165) is 36.5 Å². The fraction of sp³-hybridized carbons (Fsp3) is 0.550. The number of carbonyl (C=O) groups excluding carboxylic acids is 1. The third kappa shape index (κ3) is 3.51. The van der Waals surface area contributed by atoms with Crippen LogP contribution in [0.15, 0.2) is 28.9 Å². The lowest BCUT2D eigenvalue weighted by Gasteiger charge is -2.46. The van der Waals surface area contributed by atoms with Crippen LogP contribution in [0.4, 0.5) is 5.82 Å². The van der Waals surface area contributed by atoms with Gasteiger partial charge in [-0.05, 0) is 31.5 Å². The summed E-state index contributed by atoms with van der Waals surface area (Å²) < 4.78 is 0. The zero-order chi connectivity index (χ0) is 20.9. The molecule has 2 saturated heterocycles. The highest BCUT2D eigenvalue weighted by atomic mass is 32.2. The van der Waals surface area contributed by atoms with Crippen molar-refractivity contribution in [2.45, 2.75) is 44.2 Å². The number of nitrogen functional groups attached to an aromatic ring is 1. The molecule has 0 aliphatic carbocycles. The largest absolute Gasteiger partial charge is 0.477 e. The van der Waals surface area contributed by atoms with Crippen molar-refractivity contribution in [2.75, 3.05) is 18.8 Å². The highest BCUT2D eigenvalue weighted by Gasteiger charge is 2.60. The first-order valence-corrected chi connectivity index (χ1v) is 10.7. The minimum absolute atomic E-state index is 0.0845. The number of amides is 1. The highest BCUT2D eigenvalue weighted by molar-refractivity contribution is 8.03. The normalized spacial score (nSPS) is 30.4. The molecule has 156 valence electrons. The number of hydrogen-bond acceptors (Lipinski definition) is 7. The summed E-state index contributed by atoms with van der Waals surface area (Å²) in [6, 6.07) is 3.51. The van der Waals surface area contributed by atoms with Gasteiger partial charge in [-0.25, -0.2) is 9.78 Å². The number of carboxylic acid groups (broad SMARTS) is 1. The molecule has 1 aromatic heterocycles. The summed E-state index contributed by atoms with van der Waals surface area (Å²) in [5.41, 5.74) is 6.84. The van der Waals surface area contributed by atoms with Crippen LogP contribution in [0.25, 0.3) is 0 Å². The quantitative estimate of drug-likeness (QED) is 0.588. The van der Waals surface area contributed by atoms with Crippen molar-refractivity contribution >= 4 is 29.5 Å². The summed E-state index contributed by atoms with van der Waals surface area (Å²) in [4.78, 5) is 33.0. The second kappa shape index (κ2) is 7.62. The molecule has 1 unspecified atom stereocenters. The number of fused-ring (bicyclic) bond motifs is 1. The second-order valence-corrected chi connectivity index (χ2v) is 9.47. The summed E-state index contributed by atoms with van der Waals surface area (Å²) >= 11 is 1.59. The smallest absolute Gasteiger partial charge is 0.353 e. The van der Waals surface area contributed by atoms with E-state index in [1.165, 1.54) is 4.90 Å². The summed E-state index contributed by atoms with van der Waals surface area (Å²) in [7, 11) is 0. The van der Waals surface area contributed by atoms with E-state index in [1.54, 1.807) is 30.9 Å². The van der Waals surface area contributed by atoms with E-state index in [9.17, 15) is 19.8 Å². The van der Waals surface area contributed by atoms with Crippen LogP contribution in [0.2, 0.25) is 0 Å². The minimum Gasteiger partial charge on any atom is -0.477 e. The number of nitrogens with zero attached hydrogens (tertiary/aromatic N) is 3. The topological polar surface area (TPSA) is 120 Å². The molecule has 4 rings (SSSR count). The maximum Gasteiger partial charge on any atom is 0.353 e. The van der Waals surface area contributed by atoms with Crippen molar-refractivity contribution in [1.29, 1.82) is 0 Å². The molecule has 2 fully saturated rings. The van der Waals surface area contributed by atoms with Crippen LogP contribution < -0.4 is 5.73 Å². The van der Waals surface area contributed by atoms with Gasteiger partial charge in [0.05, 0.1) is 18.1 Å². The van der Waals surface area contributed by atoms with Crippen LogP contribution >= 0.6 is 11.8 Å². The van der Waals surface area contributed by atoms with Crippen LogP contribution in [-0.2, 0) is 16.1 Å². The number of carboxylic acids is 1. The summed E-state index contributed by atoms with van der Waals surface area (Å²) in [6.45, 7) is 6.11. The van der Waals surface area contributed by atoms with Gasteiger partial charge < -0.3 is 20.8 Å². The van der Waals surface area contributed by atoms with Gasteiger partial charge in [0.25, 0.3) is 0 Å². The van der Waals surface area contributed by atoms with Gasteiger partial charge in [0.2, 0.25) is 5.91 Å². The predicted octanol–water partition coefficient (Wildman–Crippen LogP) is 1.12. The van der Waals surface area contributed by atoms with Crippen molar-refractivity contribution in [3.63, 3.8) is 0 Å². The molecule has 1 aromatic rings. The van der Waals surface area contributed by atoms with E-state index in [-0.39, 0.29) is 28.8 Å². The Morgan fingerprint density at radius 1 is 1.45 bits per heavy atom. The number of aromatic nitrogens is 1. The van der Waals surface area contributed by atoms with E-state index in [4.69, 9.17) is 5.73 Å². The number of aliphatic carboxylic acids is 1. The average molecular weight is 419 g/mol. The number of carbonyl (C=O) groups is 2. The molecule has 0 aromatic carbocycles. The van der Waals surface area contributed by atoms with Gasteiger partial charge in [-0.15, -0.1) is 11.8 Å². The third-order valence-electron chi connectivity index (χ3n) is 6.09. The van der Waals surface area contributed by atoms with Crippen LogP contribution in [0.3, 0.4) is 0 Å². The standard InChI is InChI=1S/C20H26N4O4S/c1-10-16-15(11(2)25)19(26)24(16)17(20(27)28)18(10)29-13-5-6-23(9-13)8-12-3-4-14(21)22-7-12/h3-4,7,10-11,13,15-16,25H,5-6,8-9H2,1-2H3,(H2,21,22)(H,27,28)/t10-,11?,13-,15-,16-/m1/s1. The number of pyridine rings is 1. The van der Waals surface area contributed by atoms with E-state index >= 15 is 0 Å². The first-order valence-electron chi connectivity index (χ1n) is 9.86. The molecule has 0 bridgehead atoms. The lowest BCUT2D eigenvalue weighted by molar-refractivity contribution is -0.163. The van der Waals surface area contributed by atoms with Crippen LogP contribution in [-0.4, -0.2) is 67.4 Å². The molecular weight excluding hydrogens is 392 g/mol. The molecule has 4 heterocycles. The molecule has 5 atom stereocenters. The monoisotopic (exact) mass is 418 g/mol. The Labute approximate surface area is 173 Å². The average Bonchev–Trinajstić information content (AvgIpc) is 3.18. The molecule has 0 spiro atoms. The molecule has 29 heavy (non-hydrogen) atoms. The Morgan fingerprint density at radius 3 is 2.83 bits per heavy atom. The first kappa shape index (κ1) is 20.2. The zero-order valence-electron chi connectivity index (χ0n) is 16.5. The molecule has 3 aliphatic heterocycles. The molecule has 9 heteroatoms. The van der Waals surface area contributed by atoms with E-state index < -0.39 is 18.0 Å². The SMILES string of the molecule is CC(O)[C@H]1C(=O)N2C(C(=O)O)=C(S[C@@H]3CCN(Cc4ccc(N)nc4)C3)[C@H](C)[C@H]12. The highest BCUT2D eigenvalue weighted by Crippen LogP contribution is 2.51. The van der Waals surface area contributed by atoms with Crippen LogP contribution in [0.5, 0.6) is 0 Å². The number of rotatable bonds is 6. The fourth-order valence-corrected chi connectivity index (χ4v) is 6.20. The number of nitrogens with two attached hydrogens (primary N) is 1. The third-order valence-corrected chi connectivity index (χ3v) is 7.62. The number of aliphatic hydroxyl groups excluding tert-OH is 1. The van der Waals surface area contributed by atoms with E-state index in [0.29, 0.717) is 5.82 Å². The second-order valence-electron chi connectivity index (χ2n) is 8.13. The van der Waals surface area contributed by atoms with Gasteiger partial charge in [0, 0.05) is 35.4 Å². The Balaban J connectivity index is 1.45. The zero-order valence-corrected chi connectivity index (χ0v) is 17.3. The maximum absolute atomic E-state index is 12.4. The molecule has 8 nitrogen and oxygen atoms in total. The fourth-order valence-electron chi connectivity index (χ4n) is 4.68. The van der Waals surface area contributed by atoms with Gasteiger partial charge in [-0.3, -0.25) is 9.69 Å². The van der Waals surface area contributed by atoms with Gasteiger partial charge in [-0.1, -0.05) is 13.0 Å². The lowest BCUT2D eigenvalue weighted by Crippen LogP contribution is -2.63. The summed E-state index contributed by atoms with van der Waals surface area (Å²) in [6.07, 6.45) is 1.96. The molecule has 1 amide bonds. The Morgan fingerprint density at radius 2 is 2.21 bits per heavy atom. The number of β-lactam (4-membered cyclic amide) rings is 1. The number of hydrogen-bond donors (Lipinski definition) is 3. The summed E-state index contributed by atoms with van der Waals surface area (Å²) in [5, 5.41) is 20.0. The maximum atomic E-state index is 12.4. The number of anilines is 1. The number of aliphatic hydroxyl groups is 1. The molecular formula is C20H26N4O4S. The molecule has 0 radical (unpaired) electrons. The van der Waals surface area contributed by atoms with Crippen molar-refractivity contribution in [3.05, 3.63) is 34.5 Å². The van der Waals surface area contributed by atoms with Gasteiger partial charge in [0.15, 0.2) is 0 Å². The minimum atomic E-state index is -1.07. The molecule has 3 aliphatic rings. The number of likely N-dealkylation sites (tertiary alicyclic amines) is 1. The Hall–Kier alpha value is -2.10. The van der Waals surface area contributed by atoms with Crippen LogP contribution in [0.1, 0.15) is 25.8 Å². The van der Waals surface area contributed by atoms with E-state index in [2.05, 4.69) is 9.88 Å². The van der Waals surface area contributed by atoms with Crippen molar-refractivity contribution in [1.82, 2.24) is 14.8 Å². The summed E-state index contributed by atoms with van der Waals surface area (Å²) in [5.74, 6) is -1.45. The predicted molar refractivity (Wildman–Crippen MR) is 110 cm³/mol. The van der Waals surface area contributed by atoms with Crippen molar-refractivity contribution in [3.8, 4) is 0 Å². The molecule has 0 saturated carbocycles. The van der Waals surface area contributed by atoms with E-state index in [1.807, 2.05) is 13.0 Å².